The van der Waals surface area contributed by atoms with Gasteiger partial charge in [0.1, 0.15) is 0 Å². The van der Waals surface area contributed by atoms with Gasteiger partial charge < -0.3 is 5.73 Å². The molecule has 0 bridgehead atoms. The summed E-state index contributed by atoms with van der Waals surface area (Å²) >= 11 is 0. The van der Waals surface area contributed by atoms with E-state index in [1.807, 2.05) is 30.4 Å². The fraction of sp³-hybridized carbons (Fsp3) is 0.316. The van der Waals surface area contributed by atoms with E-state index in [0.29, 0.717) is 25.2 Å². The summed E-state index contributed by atoms with van der Waals surface area (Å²) in [7, 11) is 0. The Morgan fingerprint density at radius 3 is 2.81 bits per heavy atom. The van der Waals surface area contributed by atoms with Crippen molar-refractivity contribution in [1.29, 1.82) is 0 Å². The summed E-state index contributed by atoms with van der Waals surface area (Å²) in [4.78, 5) is 38.3. The van der Waals surface area contributed by atoms with Crippen molar-refractivity contribution in [2.75, 3.05) is 0 Å². The molecule has 0 amide bonds. The summed E-state index contributed by atoms with van der Waals surface area (Å²) in [6.07, 6.45) is 5.96. The lowest BCUT2D eigenvalue weighted by Crippen LogP contribution is -2.37. The molecule has 1 atom stereocenters. The molecule has 140 valence electrons. The summed E-state index contributed by atoms with van der Waals surface area (Å²) < 4.78 is 4.89. The highest BCUT2D eigenvalue weighted by Gasteiger charge is 2.22. The molecule has 4 rings (SSSR count). The van der Waals surface area contributed by atoms with E-state index in [1.165, 1.54) is 10.8 Å². The maximum atomic E-state index is 12.8. The second-order valence-corrected chi connectivity index (χ2v) is 6.95. The van der Waals surface area contributed by atoms with Crippen LogP contribution in [0.5, 0.6) is 0 Å². The molecular weight excluding hydrogens is 346 g/mol. The van der Waals surface area contributed by atoms with Crippen LogP contribution in [0.15, 0.2) is 50.9 Å². The minimum atomic E-state index is -0.450. The van der Waals surface area contributed by atoms with Crippen LogP contribution < -0.4 is 22.7 Å². The van der Waals surface area contributed by atoms with Crippen LogP contribution in [0.25, 0.3) is 11.0 Å². The molecule has 0 aliphatic carbocycles. The molecule has 3 heterocycles. The van der Waals surface area contributed by atoms with Crippen LogP contribution in [0, 0.1) is 6.92 Å². The minimum absolute atomic E-state index is 0.0532. The Hall–Kier alpha value is -3.13. The maximum absolute atomic E-state index is 12.8. The van der Waals surface area contributed by atoms with Gasteiger partial charge in [-0.25, -0.2) is 9.59 Å². The summed E-state index contributed by atoms with van der Waals surface area (Å²) in [5, 5.41) is 0. The van der Waals surface area contributed by atoms with E-state index in [1.54, 1.807) is 16.1 Å². The molecule has 0 saturated carbocycles. The smallest absolute Gasteiger partial charge is 0.326 e. The van der Waals surface area contributed by atoms with Crippen molar-refractivity contribution in [3.05, 3.63) is 79.0 Å². The zero-order chi connectivity index (χ0) is 19.1. The van der Waals surface area contributed by atoms with Gasteiger partial charge in [0.25, 0.3) is 5.56 Å². The first kappa shape index (κ1) is 17.3. The van der Waals surface area contributed by atoms with E-state index in [0.717, 1.165) is 23.0 Å². The fourth-order valence-electron chi connectivity index (χ4n) is 3.67. The number of nitrogens with two attached hydrogens (primary N) is 1. The highest BCUT2D eigenvalue weighted by Crippen LogP contribution is 2.23. The van der Waals surface area contributed by atoms with E-state index >= 15 is 0 Å². The van der Waals surface area contributed by atoms with Gasteiger partial charge >= 0.3 is 11.4 Å². The van der Waals surface area contributed by atoms with E-state index in [-0.39, 0.29) is 17.3 Å². The van der Waals surface area contributed by atoms with Crippen LogP contribution in [0.1, 0.15) is 11.1 Å². The average molecular weight is 367 g/mol. The highest BCUT2D eigenvalue weighted by molar-refractivity contribution is 5.80. The molecule has 1 aliphatic rings. The van der Waals surface area contributed by atoms with E-state index in [4.69, 9.17) is 5.73 Å². The van der Waals surface area contributed by atoms with Crippen LogP contribution in [-0.2, 0) is 26.1 Å². The molecule has 8 nitrogen and oxygen atoms in total. The molecule has 27 heavy (non-hydrogen) atoms. The zero-order valence-electron chi connectivity index (χ0n) is 15.0. The second-order valence-electron chi connectivity index (χ2n) is 6.95. The van der Waals surface area contributed by atoms with Crippen molar-refractivity contribution in [2.45, 2.75) is 39.0 Å². The van der Waals surface area contributed by atoms with Gasteiger partial charge in [-0.15, -0.1) is 0 Å². The number of aromatic amines is 1. The van der Waals surface area contributed by atoms with Gasteiger partial charge in [-0.2, -0.15) is 0 Å². The van der Waals surface area contributed by atoms with Gasteiger partial charge in [0.15, 0.2) is 0 Å². The molecule has 0 saturated heterocycles. The first-order chi connectivity index (χ1) is 13.0. The van der Waals surface area contributed by atoms with Gasteiger partial charge in [0.2, 0.25) is 0 Å². The lowest BCUT2D eigenvalue weighted by molar-refractivity contribution is 0.521. The van der Waals surface area contributed by atoms with Crippen LogP contribution in [0.4, 0.5) is 0 Å². The molecule has 1 unspecified atom stereocenters. The molecule has 8 heteroatoms. The fourth-order valence-corrected chi connectivity index (χ4v) is 3.67. The Morgan fingerprint density at radius 1 is 1.22 bits per heavy atom. The average Bonchev–Trinajstić information content (AvgIpc) is 2.89. The molecule has 0 fully saturated rings. The molecular formula is C19H21N5O3. The first-order valence-corrected chi connectivity index (χ1v) is 8.87. The van der Waals surface area contributed by atoms with Crippen LogP contribution >= 0.6 is 0 Å². The second kappa shape index (κ2) is 6.55. The number of rotatable bonds is 4. The number of nitrogens with zero attached hydrogens (tertiary/aromatic N) is 3. The van der Waals surface area contributed by atoms with Crippen molar-refractivity contribution in [1.82, 2.24) is 18.7 Å². The van der Waals surface area contributed by atoms with Crippen molar-refractivity contribution in [3.8, 4) is 0 Å². The zero-order valence-corrected chi connectivity index (χ0v) is 15.0. The number of benzene rings is 1. The topological polar surface area (TPSA) is 108 Å². The third-order valence-electron chi connectivity index (χ3n) is 4.97. The first-order valence-electron chi connectivity index (χ1n) is 8.87. The SMILES string of the molecule is Cc1cn(C/C=C/Cn2c(=O)n3c4c(cccc42)CC(N)C3)c(=O)[nH]c1=O. The summed E-state index contributed by atoms with van der Waals surface area (Å²) in [6.45, 7) is 2.89. The van der Waals surface area contributed by atoms with Crippen LogP contribution in [0.3, 0.4) is 0 Å². The number of aryl methyl sites for hydroxylation is 1. The Morgan fingerprint density at radius 2 is 2.00 bits per heavy atom. The third kappa shape index (κ3) is 2.97. The number of allylic oxidation sites excluding steroid dienone is 2. The molecule has 1 aromatic carbocycles. The largest absolute Gasteiger partial charge is 0.329 e. The third-order valence-corrected chi connectivity index (χ3v) is 4.97. The van der Waals surface area contributed by atoms with E-state index in [2.05, 4.69) is 4.98 Å². The van der Waals surface area contributed by atoms with Gasteiger partial charge in [-0.05, 0) is 25.0 Å². The van der Waals surface area contributed by atoms with E-state index < -0.39 is 5.69 Å². The molecule has 2 aromatic heterocycles. The number of hydrogen-bond donors (Lipinski definition) is 2. The lowest BCUT2D eigenvalue weighted by atomic mass is 10.0. The van der Waals surface area contributed by atoms with Crippen LogP contribution in [-0.4, -0.2) is 24.7 Å². The Kier molecular flexibility index (Phi) is 4.19. The monoisotopic (exact) mass is 367 g/mol. The Bertz CT molecular complexity index is 1220. The van der Waals surface area contributed by atoms with Crippen molar-refractivity contribution >= 4 is 11.0 Å². The predicted octanol–water partition coefficient (Wildman–Crippen LogP) is 0.101. The number of aromatic nitrogens is 4. The molecule has 1 aliphatic heterocycles. The van der Waals surface area contributed by atoms with Gasteiger partial charge in [0.05, 0.1) is 11.0 Å². The number of nitrogens with one attached hydrogen (secondary N) is 1. The Balaban J connectivity index is 1.61. The maximum Gasteiger partial charge on any atom is 0.329 e. The molecule has 0 radical (unpaired) electrons. The van der Waals surface area contributed by atoms with Crippen molar-refractivity contribution in [3.63, 3.8) is 0 Å². The van der Waals surface area contributed by atoms with Crippen molar-refractivity contribution in [2.24, 2.45) is 5.73 Å². The molecule has 0 spiro atoms. The molecule has 3 N–H and O–H groups in total. The lowest BCUT2D eigenvalue weighted by Gasteiger charge is -2.19. The predicted molar refractivity (Wildman–Crippen MR) is 103 cm³/mol. The van der Waals surface area contributed by atoms with Gasteiger partial charge in [-0.3, -0.25) is 23.5 Å². The quantitative estimate of drug-likeness (QED) is 0.638. The van der Waals surface area contributed by atoms with E-state index in [9.17, 15) is 14.4 Å². The number of imidazole rings is 1. The van der Waals surface area contributed by atoms with Crippen LogP contribution in [0.2, 0.25) is 0 Å². The Labute approximate surface area is 154 Å². The summed E-state index contributed by atoms with van der Waals surface area (Å²) in [6, 6.07) is 5.85. The molecule has 3 aromatic rings. The normalized spacial score (nSPS) is 16.4. The highest BCUT2D eigenvalue weighted by atomic mass is 16.2. The number of hydrogen-bond acceptors (Lipinski definition) is 4. The number of H-pyrrole nitrogens is 1. The standard InChI is InChI=1S/C19H21N5O3/c1-12-10-22(18(26)21-17(12)25)7-2-3-8-23-15-6-4-5-13-9-14(20)11-24(16(13)15)19(23)27/h2-6,10,14H,7-9,11,20H2,1H3,(H,21,25,26)/b3-2+. The van der Waals surface area contributed by atoms with Crippen molar-refractivity contribution < 1.29 is 0 Å². The van der Waals surface area contributed by atoms with Gasteiger partial charge in [0, 0.05) is 37.4 Å². The van der Waals surface area contributed by atoms with Gasteiger partial charge in [-0.1, -0.05) is 24.3 Å². The summed E-state index contributed by atoms with van der Waals surface area (Å²) in [5.74, 6) is 0. The minimum Gasteiger partial charge on any atom is -0.326 e. The number of para-hydroxylation sites is 1. The summed E-state index contributed by atoms with van der Waals surface area (Å²) in [5.41, 5.74) is 8.62.